The number of hydrogen-bond donors (Lipinski definition) is 6. The summed E-state index contributed by atoms with van der Waals surface area (Å²) in [6.07, 6.45) is 16.8. The lowest BCUT2D eigenvalue weighted by Crippen LogP contribution is -2.42. The summed E-state index contributed by atoms with van der Waals surface area (Å²) in [5.41, 5.74) is 22.7. The summed E-state index contributed by atoms with van der Waals surface area (Å²) in [6.45, 7) is 11.6. The molecule has 4 atom stereocenters. The van der Waals surface area contributed by atoms with Gasteiger partial charge in [0.2, 0.25) is 17.6 Å². The Kier molecular flexibility index (Phi) is 18.5. The highest BCUT2D eigenvalue weighted by atomic mass is 35.5. The molecular formula is C57H66ClN11O2. The van der Waals surface area contributed by atoms with Crippen LogP contribution in [0.5, 0.6) is 0 Å². The third-order valence-corrected chi connectivity index (χ3v) is 13.1. The van der Waals surface area contributed by atoms with Crippen molar-refractivity contribution in [3.05, 3.63) is 183 Å². The van der Waals surface area contributed by atoms with Gasteiger partial charge in [-0.3, -0.25) is 9.59 Å². The fourth-order valence-electron chi connectivity index (χ4n) is 9.44. The Labute approximate surface area is 423 Å². The van der Waals surface area contributed by atoms with Crippen molar-refractivity contribution >= 4 is 63.5 Å². The van der Waals surface area contributed by atoms with E-state index in [0.717, 1.165) is 86.6 Å². The number of rotatable bonds is 10. The third kappa shape index (κ3) is 13.0. The number of allylic oxidation sites excluding steroid dienone is 2. The van der Waals surface area contributed by atoms with Gasteiger partial charge in [-0.1, -0.05) is 101 Å². The molecule has 0 saturated heterocycles. The lowest BCUT2D eigenvalue weighted by molar-refractivity contribution is 0.0917. The predicted octanol–water partition coefficient (Wildman–Crippen LogP) is 11.9. The van der Waals surface area contributed by atoms with Crippen LogP contribution in [0.2, 0.25) is 5.02 Å². The normalized spacial score (nSPS) is 18.2. The quantitative estimate of drug-likeness (QED) is 0.0569. The Morgan fingerprint density at radius 1 is 0.606 bits per heavy atom. The Morgan fingerprint density at radius 2 is 1.03 bits per heavy atom. The number of fused-ring (bicyclic) bond motifs is 2. The number of nitrogens with one attached hydrogen (secondary N) is 4. The van der Waals surface area contributed by atoms with Crippen LogP contribution in [0, 0.1) is 6.57 Å². The van der Waals surface area contributed by atoms with E-state index >= 15 is 0 Å². The molecule has 2 amide bonds. The molecule has 0 radical (unpaired) electrons. The van der Waals surface area contributed by atoms with Crippen molar-refractivity contribution in [2.75, 3.05) is 22.1 Å². The maximum atomic E-state index is 12.6. The summed E-state index contributed by atoms with van der Waals surface area (Å²) in [4.78, 5) is 47.2. The van der Waals surface area contributed by atoms with Gasteiger partial charge in [-0.2, -0.15) is 0 Å². The number of halogens is 1. The molecule has 368 valence electrons. The minimum Gasteiger partial charge on any atom is -0.399 e. The molecule has 0 aliphatic heterocycles. The standard InChI is InChI=1S/C27H26N6O.C26H26ClN5O.C2H6.2CH4/c1-29-24-16-30-27(33-25(24)23-14-11-17-5-2-3-8-22(17)23)32-21-7-4-6-20(15-21)31-26(34)18-9-12-19(28)13-10-18;27-23-15-29-26(32-24(23)22-13-10-16-4-1-2-7-21(16)22)31-20-6-3-5-19(14-20)30-25(33)17-8-11-18(28)12-9-17;1-2;;/h2-3,5,8-10,12-14,16,20-21H,4,6-7,11,15,28H2,(H,31,34)(H,30,32,33);1-2,4,7-9,11-13,15,19-20H,3,5-6,10,14,28H2,(H,30,33)(H,29,31,32);1-2H3;2*1H4/t20-,21+;19-,20+;;;/m00.../s1. The number of carbonyl (C=O) groups is 2. The molecule has 4 aromatic carbocycles. The van der Waals surface area contributed by atoms with Gasteiger partial charge in [0.15, 0.2) is 0 Å². The van der Waals surface area contributed by atoms with Gasteiger partial charge in [-0.05, 0) is 141 Å². The molecule has 4 aliphatic rings. The van der Waals surface area contributed by atoms with E-state index in [9.17, 15) is 9.59 Å². The van der Waals surface area contributed by atoms with Crippen LogP contribution in [0.3, 0.4) is 0 Å². The van der Waals surface area contributed by atoms with Crippen LogP contribution < -0.4 is 32.7 Å². The maximum Gasteiger partial charge on any atom is 0.251 e. The molecule has 14 heteroatoms. The summed E-state index contributed by atoms with van der Waals surface area (Å²) < 4.78 is 0. The number of benzene rings is 4. The van der Waals surface area contributed by atoms with Crippen molar-refractivity contribution in [3.8, 4) is 0 Å². The Balaban J connectivity index is 0.000000219. The fourth-order valence-corrected chi connectivity index (χ4v) is 9.63. The van der Waals surface area contributed by atoms with Crippen molar-refractivity contribution in [1.29, 1.82) is 0 Å². The van der Waals surface area contributed by atoms with Gasteiger partial charge in [-0.15, -0.1) is 0 Å². The lowest BCUT2D eigenvalue weighted by Gasteiger charge is -2.30. The third-order valence-electron chi connectivity index (χ3n) is 12.8. The highest BCUT2D eigenvalue weighted by molar-refractivity contribution is 6.32. The Hall–Kier alpha value is -7.56. The summed E-state index contributed by atoms with van der Waals surface area (Å²) in [5.74, 6) is 0.924. The van der Waals surface area contributed by atoms with Crippen molar-refractivity contribution in [3.63, 3.8) is 0 Å². The van der Waals surface area contributed by atoms with Crippen molar-refractivity contribution in [2.45, 2.75) is 117 Å². The van der Waals surface area contributed by atoms with Crippen LogP contribution in [0.1, 0.15) is 134 Å². The molecule has 71 heavy (non-hydrogen) atoms. The maximum absolute atomic E-state index is 12.6. The van der Waals surface area contributed by atoms with Crippen LogP contribution in [0.4, 0.5) is 29.0 Å². The number of carbonyl (C=O) groups excluding carboxylic acids is 2. The van der Waals surface area contributed by atoms with Crippen LogP contribution in [0.15, 0.2) is 122 Å². The summed E-state index contributed by atoms with van der Waals surface area (Å²) >= 11 is 6.49. The molecule has 6 aromatic rings. The smallest absolute Gasteiger partial charge is 0.251 e. The molecule has 8 N–H and O–H groups in total. The van der Waals surface area contributed by atoms with Crippen LogP contribution >= 0.6 is 11.6 Å². The largest absolute Gasteiger partial charge is 0.399 e. The van der Waals surface area contributed by atoms with Crippen molar-refractivity contribution < 1.29 is 9.59 Å². The first-order chi connectivity index (χ1) is 33.7. The highest BCUT2D eigenvalue weighted by Gasteiger charge is 2.28. The van der Waals surface area contributed by atoms with E-state index in [-0.39, 0.29) is 50.8 Å². The molecule has 0 unspecified atom stereocenters. The first kappa shape index (κ1) is 52.8. The average Bonchev–Trinajstić information content (AvgIpc) is 4.01. The van der Waals surface area contributed by atoms with E-state index < -0.39 is 0 Å². The van der Waals surface area contributed by atoms with E-state index in [0.29, 0.717) is 50.8 Å². The SMILES string of the molecule is C.C.CC.Nc1ccc(C(=O)N[C@H]2CCC[C@@H](Nc3ncc(Cl)c(C4=CCc5ccccc54)n3)C2)cc1.[C-]#[N+]c1cnc(N[C@@H]2CCC[C@H](NC(=O)c3ccc(N)cc3)C2)nc1C1=CCc2ccccc21. The van der Waals surface area contributed by atoms with Gasteiger partial charge in [-0.25, -0.2) is 24.8 Å². The fraction of sp³-hybridized carbons (Fsp3) is 0.316. The minimum atomic E-state index is -0.0857. The van der Waals surface area contributed by atoms with Gasteiger partial charge in [0.25, 0.3) is 11.8 Å². The van der Waals surface area contributed by atoms with E-state index in [2.05, 4.69) is 78.6 Å². The Morgan fingerprint density at radius 3 is 1.51 bits per heavy atom. The molecule has 2 aromatic heterocycles. The topological polar surface area (TPSA) is 190 Å². The van der Waals surface area contributed by atoms with E-state index in [1.54, 1.807) is 60.9 Å². The molecule has 10 rings (SSSR count). The second-order valence-electron chi connectivity index (χ2n) is 17.5. The van der Waals surface area contributed by atoms with Gasteiger partial charge >= 0.3 is 0 Å². The van der Waals surface area contributed by atoms with Gasteiger partial charge in [0.1, 0.15) is 0 Å². The average molecular weight is 973 g/mol. The first-order valence-corrected chi connectivity index (χ1v) is 24.3. The molecule has 0 spiro atoms. The first-order valence-electron chi connectivity index (χ1n) is 23.9. The summed E-state index contributed by atoms with van der Waals surface area (Å²) in [7, 11) is 0. The van der Waals surface area contributed by atoms with E-state index in [1.807, 2.05) is 32.0 Å². The van der Waals surface area contributed by atoms with Gasteiger partial charge in [0, 0.05) is 58.4 Å². The number of amides is 2. The predicted molar refractivity (Wildman–Crippen MR) is 291 cm³/mol. The molecule has 2 fully saturated rings. The molecular weight excluding hydrogens is 906 g/mol. The van der Waals surface area contributed by atoms with Crippen molar-refractivity contribution in [1.82, 2.24) is 30.6 Å². The summed E-state index contributed by atoms with van der Waals surface area (Å²) in [6, 6.07) is 31.0. The zero-order valence-electron chi connectivity index (χ0n) is 39.0. The van der Waals surface area contributed by atoms with E-state index in [4.69, 9.17) is 39.6 Å². The minimum absolute atomic E-state index is 0. The van der Waals surface area contributed by atoms with Crippen LogP contribution in [-0.2, 0) is 12.8 Å². The number of hydrogen-bond acceptors (Lipinski definition) is 10. The second-order valence-corrected chi connectivity index (χ2v) is 17.9. The number of nitrogens with two attached hydrogens (primary N) is 2. The molecule has 2 heterocycles. The van der Waals surface area contributed by atoms with Crippen LogP contribution in [0.25, 0.3) is 16.0 Å². The summed E-state index contributed by atoms with van der Waals surface area (Å²) in [5, 5.41) is 13.8. The monoisotopic (exact) mass is 972 g/mol. The molecule has 0 bridgehead atoms. The zero-order chi connectivity index (χ0) is 48.3. The number of aromatic nitrogens is 4. The number of anilines is 4. The molecule has 4 aliphatic carbocycles. The number of nitrogens with zero attached hydrogens (tertiary/aromatic N) is 5. The Bertz CT molecular complexity index is 2890. The van der Waals surface area contributed by atoms with Gasteiger partial charge in [0.05, 0.1) is 29.2 Å². The van der Waals surface area contributed by atoms with Crippen molar-refractivity contribution in [2.24, 2.45) is 0 Å². The molecule has 2 saturated carbocycles. The van der Waals surface area contributed by atoms with E-state index in [1.165, 1.54) is 16.7 Å². The second kappa shape index (κ2) is 24.8. The van der Waals surface area contributed by atoms with Crippen LogP contribution in [-0.4, -0.2) is 55.9 Å². The van der Waals surface area contributed by atoms with Gasteiger partial charge < -0.3 is 32.7 Å². The lowest BCUT2D eigenvalue weighted by atomic mass is 9.91. The highest BCUT2D eigenvalue weighted by Crippen LogP contribution is 2.38. The number of nitrogen functional groups attached to an aromatic ring is 2. The molecule has 13 nitrogen and oxygen atoms in total. The zero-order valence-corrected chi connectivity index (χ0v) is 39.8.